The van der Waals surface area contributed by atoms with E-state index in [2.05, 4.69) is 71.8 Å². The van der Waals surface area contributed by atoms with Crippen LogP contribution in [0.4, 0.5) is 8.78 Å². The highest BCUT2D eigenvalue weighted by molar-refractivity contribution is 6.90. The van der Waals surface area contributed by atoms with Gasteiger partial charge in [-0.1, -0.05) is 67.2 Å². The van der Waals surface area contributed by atoms with Crippen LogP contribution in [-0.2, 0) is 0 Å². The SMILES string of the molecule is CCCCCC#CC(O)C(F)(F)C#C[Si](C(C)C)(C(C)C)C(C)C. The Morgan fingerprint density at radius 3 is 1.88 bits per heavy atom. The topological polar surface area (TPSA) is 20.2 Å². The number of aliphatic hydroxyl groups excluding tert-OH is 1. The van der Waals surface area contributed by atoms with Crippen molar-refractivity contribution in [3.05, 3.63) is 0 Å². The van der Waals surface area contributed by atoms with Gasteiger partial charge in [-0.3, -0.25) is 0 Å². The van der Waals surface area contributed by atoms with Crippen LogP contribution in [0.3, 0.4) is 0 Å². The third-order valence-electron chi connectivity index (χ3n) is 4.80. The van der Waals surface area contributed by atoms with Crippen LogP contribution in [0.5, 0.6) is 0 Å². The van der Waals surface area contributed by atoms with Crippen LogP contribution in [0.15, 0.2) is 0 Å². The Balaban J connectivity index is 5.35. The lowest BCUT2D eigenvalue weighted by Gasteiger charge is -2.38. The maximum atomic E-state index is 14.2. The predicted molar refractivity (Wildman–Crippen MR) is 102 cm³/mol. The second-order valence-corrected chi connectivity index (χ2v) is 13.0. The van der Waals surface area contributed by atoms with Crippen molar-refractivity contribution in [1.82, 2.24) is 0 Å². The van der Waals surface area contributed by atoms with E-state index in [1.807, 2.05) is 0 Å². The molecule has 0 heterocycles. The molecule has 0 aliphatic rings. The first-order valence-electron chi connectivity index (χ1n) is 9.10. The van der Waals surface area contributed by atoms with E-state index in [1.165, 1.54) is 0 Å². The van der Waals surface area contributed by atoms with E-state index in [0.29, 0.717) is 6.42 Å². The van der Waals surface area contributed by atoms with Crippen molar-refractivity contribution in [3.63, 3.8) is 0 Å². The molecular weight excluding hydrogens is 322 g/mol. The van der Waals surface area contributed by atoms with E-state index in [9.17, 15) is 13.9 Å². The van der Waals surface area contributed by atoms with Gasteiger partial charge < -0.3 is 5.11 Å². The van der Waals surface area contributed by atoms with Gasteiger partial charge in [-0.25, -0.2) is 0 Å². The van der Waals surface area contributed by atoms with Crippen molar-refractivity contribution >= 4 is 8.07 Å². The lowest BCUT2D eigenvalue weighted by atomic mass is 10.1. The molecule has 0 radical (unpaired) electrons. The van der Waals surface area contributed by atoms with E-state index in [1.54, 1.807) is 0 Å². The molecule has 1 unspecified atom stereocenters. The van der Waals surface area contributed by atoms with E-state index >= 15 is 0 Å². The summed E-state index contributed by atoms with van der Waals surface area (Å²) in [5.41, 5.74) is 3.80. The van der Waals surface area contributed by atoms with Gasteiger partial charge in [-0.05, 0) is 29.0 Å². The molecule has 0 fully saturated rings. The summed E-state index contributed by atoms with van der Waals surface area (Å²) in [5, 5.41) is 9.74. The lowest BCUT2D eigenvalue weighted by molar-refractivity contribution is -0.0318. The molecule has 0 saturated carbocycles. The lowest BCUT2D eigenvalue weighted by Crippen LogP contribution is -2.44. The Morgan fingerprint density at radius 2 is 1.46 bits per heavy atom. The second kappa shape index (κ2) is 10.2. The molecule has 1 atom stereocenters. The van der Waals surface area contributed by atoms with Gasteiger partial charge in [0.1, 0.15) is 8.07 Å². The van der Waals surface area contributed by atoms with Gasteiger partial charge in [0, 0.05) is 6.42 Å². The monoisotopic (exact) mass is 356 g/mol. The Morgan fingerprint density at radius 1 is 0.958 bits per heavy atom. The fourth-order valence-corrected chi connectivity index (χ4v) is 8.67. The molecule has 0 spiro atoms. The zero-order valence-electron chi connectivity index (χ0n) is 16.3. The third kappa shape index (κ3) is 6.23. The highest BCUT2D eigenvalue weighted by Crippen LogP contribution is 2.41. The molecule has 0 aromatic carbocycles. The fraction of sp³-hybridized carbons (Fsp3) is 0.800. The van der Waals surface area contributed by atoms with Crippen LogP contribution in [0.1, 0.15) is 74.1 Å². The van der Waals surface area contributed by atoms with Crippen molar-refractivity contribution in [2.45, 2.75) is 103 Å². The van der Waals surface area contributed by atoms with Crippen molar-refractivity contribution in [2.75, 3.05) is 0 Å². The molecule has 0 aromatic rings. The Kier molecular flexibility index (Phi) is 9.86. The molecule has 4 heteroatoms. The smallest absolute Gasteiger partial charge is 0.343 e. The maximum absolute atomic E-state index is 14.2. The Labute approximate surface area is 148 Å². The van der Waals surface area contributed by atoms with Crippen LogP contribution in [0.25, 0.3) is 0 Å². The van der Waals surface area contributed by atoms with Crippen LogP contribution in [0, 0.1) is 23.3 Å². The third-order valence-corrected chi connectivity index (χ3v) is 11.1. The molecule has 0 saturated heterocycles. The van der Waals surface area contributed by atoms with Crippen LogP contribution >= 0.6 is 0 Å². The zero-order chi connectivity index (χ0) is 19.0. The summed E-state index contributed by atoms with van der Waals surface area (Å²) < 4.78 is 28.4. The number of aliphatic hydroxyl groups is 1. The minimum Gasteiger partial charge on any atom is -0.374 e. The van der Waals surface area contributed by atoms with Crippen LogP contribution in [-0.4, -0.2) is 25.2 Å². The molecule has 1 N–H and O–H groups in total. The summed E-state index contributed by atoms with van der Waals surface area (Å²) in [7, 11) is -2.23. The van der Waals surface area contributed by atoms with Crippen molar-refractivity contribution < 1.29 is 13.9 Å². The van der Waals surface area contributed by atoms with Gasteiger partial charge in [0.2, 0.25) is 0 Å². The number of alkyl halides is 2. The van der Waals surface area contributed by atoms with E-state index in [4.69, 9.17) is 0 Å². The summed E-state index contributed by atoms with van der Waals surface area (Å²) in [6.45, 7) is 14.5. The van der Waals surface area contributed by atoms with Gasteiger partial charge in [0.05, 0.1) is 0 Å². The minimum absolute atomic E-state index is 0.276. The number of hydrogen-bond acceptors (Lipinski definition) is 1. The average molecular weight is 357 g/mol. The van der Waals surface area contributed by atoms with Crippen LogP contribution in [0.2, 0.25) is 16.6 Å². The first kappa shape index (κ1) is 23.2. The van der Waals surface area contributed by atoms with Gasteiger partial charge >= 0.3 is 5.92 Å². The Hall–Kier alpha value is -0.843. The van der Waals surface area contributed by atoms with Gasteiger partial charge in [-0.15, -0.1) is 11.5 Å². The second-order valence-electron chi connectivity index (χ2n) is 7.45. The molecular formula is C20H34F2OSi. The van der Waals surface area contributed by atoms with Gasteiger partial charge in [-0.2, -0.15) is 8.78 Å². The fourth-order valence-electron chi connectivity index (χ4n) is 3.42. The highest BCUT2D eigenvalue weighted by Gasteiger charge is 2.43. The van der Waals surface area contributed by atoms with Gasteiger partial charge in [0.15, 0.2) is 6.10 Å². The average Bonchev–Trinajstić information content (AvgIpc) is 2.46. The first-order valence-corrected chi connectivity index (χ1v) is 11.3. The van der Waals surface area contributed by atoms with E-state index in [-0.39, 0.29) is 16.6 Å². The molecule has 0 aromatic heterocycles. The molecule has 24 heavy (non-hydrogen) atoms. The minimum atomic E-state index is -3.48. The maximum Gasteiger partial charge on any atom is 0.343 e. The molecule has 0 amide bonds. The van der Waals surface area contributed by atoms with Crippen molar-refractivity contribution in [3.8, 4) is 23.3 Å². The van der Waals surface area contributed by atoms with Crippen LogP contribution < -0.4 is 0 Å². The molecule has 0 aliphatic heterocycles. The Bertz CT molecular complexity index is 467. The number of rotatable bonds is 7. The molecule has 0 aliphatic carbocycles. The van der Waals surface area contributed by atoms with E-state index < -0.39 is 20.1 Å². The first-order chi connectivity index (χ1) is 11.0. The largest absolute Gasteiger partial charge is 0.374 e. The zero-order valence-corrected chi connectivity index (χ0v) is 17.3. The molecule has 138 valence electrons. The number of halogens is 2. The van der Waals surface area contributed by atoms with Crippen molar-refractivity contribution in [1.29, 1.82) is 0 Å². The molecule has 1 nitrogen and oxygen atoms in total. The number of hydrogen-bond donors (Lipinski definition) is 1. The standard InChI is InChI=1S/C20H34F2OSi/c1-8-9-10-11-12-13-19(23)20(21,22)14-15-24(16(2)3,17(4)5)18(6)7/h16-19,23H,8-11H2,1-7H3. The van der Waals surface area contributed by atoms with Gasteiger partial charge in [0.25, 0.3) is 0 Å². The van der Waals surface area contributed by atoms with Crippen molar-refractivity contribution in [2.24, 2.45) is 0 Å². The number of unbranched alkanes of at least 4 members (excludes halogenated alkanes) is 3. The summed E-state index contributed by atoms with van der Waals surface area (Å²) in [5.74, 6) is 3.57. The van der Waals surface area contributed by atoms with E-state index in [0.717, 1.165) is 19.3 Å². The molecule has 0 bridgehead atoms. The molecule has 0 rings (SSSR count). The highest BCUT2D eigenvalue weighted by atomic mass is 28.3. The normalized spacial score (nSPS) is 13.5. The quantitative estimate of drug-likeness (QED) is 0.348. The summed E-state index contributed by atoms with van der Waals surface area (Å²) in [6, 6.07) is 0. The summed E-state index contributed by atoms with van der Waals surface area (Å²) in [6.07, 6.45) is 1.48. The predicted octanol–water partition coefficient (Wildman–Crippen LogP) is 5.79. The summed E-state index contributed by atoms with van der Waals surface area (Å²) in [4.78, 5) is 0. The summed E-state index contributed by atoms with van der Waals surface area (Å²) >= 11 is 0.